The summed E-state index contributed by atoms with van der Waals surface area (Å²) in [5.41, 5.74) is 24.7. The molecule has 0 fully saturated rings. The van der Waals surface area contributed by atoms with Crippen molar-refractivity contribution in [3.8, 4) is 33.4 Å². The molecule has 3 heterocycles. The van der Waals surface area contributed by atoms with E-state index < -0.39 is 0 Å². The summed E-state index contributed by atoms with van der Waals surface area (Å²) in [6, 6.07) is 86.1. The average molecular weight is 1200 g/mol. The largest absolute Gasteiger partial charge is 2.00 e. The van der Waals surface area contributed by atoms with Gasteiger partial charge in [-0.25, -0.2) is 11.1 Å². The molecule has 360 valence electrons. The zero-order chi connectivity index (χ0) is 50.5. The predicted molar refractivity (Wildman–Crippen MR) is 315 cm³/mol. The summed E-state index contributed by atoms with van der Waals surface area (Å²) >= 11 is 0. The van der Waals surface area contributed by atoms with Gasteiger partial charge in [0.15, 0.2) is 5.58 Å². The number of hydrogen-bond acceptors (Lipinski definition) is 3. The third-order valence-corrected chi connectivity index (χ3v) is 15.6. The molecule has 4 nitrogen and oxygen atoms in total. The Morgan fingerprint density at radius 1 is 0.395 bits per heavy atom. The first-order valence-corrected chi connectivity index (χ1v) is 25.8. The Hall–Kier alpha value is -8.33. The number of furan rings is 1. The molecule has 5 heteroatoms. The van der Waals surface area contributed by atoms with Crippen LogP contribution >= 0.6 is 0 Å². The van der Waals surface area contributed by atoms with Crippen LogP contribution < -0.4 is 9.80 Å². The summed E-state index contributed by atoms with van der Waals surface area (Å²) < 4.78 is 9.17. The Balaban J connectivity index is 0.00000553. The molecule has 0 spiro atoms. The first kappa shape index (κ1) is 47.4. The zero-order valence-corrected chi connectivity index (χ0v) is 47.2. The van der Waals surface area contributed by atoms with Crippen molar-refractivity contribution in [2.24, 2.45) is 0 Å². The standard InChI is InChI=1S/C71H51N3O.U/c1-44-19-9-12-31-64(44)72(51-24-15-23-50(41-51)49-21-7-6-8-22-49)53-36-38-57-59-28-17-29-60-63-40-47(4)62(43-68(63)74(70(59)60)67(57)42-53)56-27-16-26-55(48(56)5)54-37-35-52(39-46(54)3)73(65-32-13-10-20-45(65)2)66-33-18-30-61-58-25-11-14-34-69(58)75-71(61)66;/h6-21,23-40,42-43H,1-5H3;/q-2;+2. The van der Waals surface area contributed by atoms with Crippen LogP contribution in [0.1, 0.15) is 27.8 Å². The second-order valence-electron chi connectivity index (χ2n) is 20.1. The van der Waals surface area contributed by atoms with E-state index in [9.17, 15) is 0 Å². The maximum atomic E-state index is 6.65. The molecule has 0 saturated heterocycles. The summed E-state index contributed by atoms with van der Waals surface area (Å²) in [5, 5.41) is 7.24. The first-order valence-electron chi connectivity index (χ1n) is 25.8. The third-order valence-electron chi connectivity index (χ3n) is 15.6. The van der Waals surface area contributed by atoms with E-state index in [1.165, 1.54) is 88.2 Å². The van der Waals surface area contributed by atoms with Gasteiger partial charge in [-0.1, -0.05) is 115 Å². The van der Waals surface area contributed by atoms with Crippen LogP contribution in [0.5, 0.6) is 0 Å². The van der Waals surface area contributed by atoms with E-state index in [2.05, 4.69) is 261 Å². The Kier molecular flexibility index (Phi) is 11.7. The van der Waals surface area contributed by atoms with E-state index >= 15 is 0 Å². The van der Waals surface area contributed by atoms with Gasteiger partial charge in [0.25, 0.3) is 0 Å². The molecular weight excluding hydrogens is 1150 g/mol. The maximum Gasteiger partial charge on any atom is 2.00 e. The molecule has 0 unspecified atom stereocenters. The molecule has 0 aliphatic carbocycles. The topological polar surface area (TPSA) is 24.0 Å². The quantitative estimate of drug-likeness (QED) is 0.135. The number of aromatic nitrogens is 1. The van der Waals surface area contributed by atoms with E-state index in [0.29, 0.717) is 0 Å². The van der Waals surface area contributed by atoms with Crippen LogP contribution in [-0.2, 0) is 0 Å². The summed E-state index contributed by atoms with van der Waals surface area (Å²) in [7, 11) is 0. The Labute approximate surface area is 466 Å². The Morgan fingerprint density at radius 2 is 0.987 bits per heavy atom. The minimum absolute atomic E-state index is 0. The van der Waals surface area contributed by atoms with Gasteiger partial charge >= 0.3 is 31.1 Å². The summed E-state index contributed by atoms with van der Waals surface area (Å²) in [6.07, 6.45) is 0. The minimum atomic E-state index is 0. The van der Waals surface area contributed by atoms with Crippen molar-refractivity contribution in [3.63, 3.8) is 0 Å². The Morgan fingerprint density at radius 3 is 1.76 bits per heavy atom. The second-order valence-corrected chi connectivity index (χ2v) is 20.1. The van der Waals surface area contributed by atoms with Gasteiger partial charge in [0.2, 0.25) is 0 Å². The molecule has 0 aliphatic heterocycles. The molecule has 0 N–H and O–H groups in total. The monoisotopic (exact) mass is 1200 g/mol. The van der Waals surface area contributed by atoms with Gasteiger partial charge in [-0.2, -0.15) is 42.5 Å². The first-order chi connectivity index (χ1) is 36.8. The van der Waals surface area contributed by atoms with Crippen LogP contribution in [0, 0.1) is 77.9 Å². The number of nitrogens with zero attached hydrogens (tertiary/aromatic N) is 3. The summed E-state index contributed by atoms with van der Waals surface area (Å²) in [6.45, 7) is 11.2. The van der Waals surface area contributed by atoms with Gasteiger partial charge in [-0.15, -0.1) is 12.1 Å². The van der Waals surface area contributed by atoms with E-state index in [1.54, 1.807) is 0 Å². The normalized spacial score (nSPS) is 11.6. The van der Waals surface area contributed by atoms with E-state index in [0.717, 1.165) is 67.2 Å². The number of para-hydroxylation sites is 5. The number of rotatable bonds is 9. The van der Waals surface area contributed by atoms with Gasteiger partial charge in [-0.05, 0) is 151 Å². The van der Waals surface area contributed by atoms with Crippen molar-refractivity contribution in [3.05, 3.63) is 258 Å². The van der Waals surface area contributed by atoms with E-state index in [4.69, 9.17) is 4.42 Å². The maximum absolute atomic E-state index is 6.65. The molecule has 0 bridgehead atoms. The SMILES string of the molecule is Cc1cc(N(c2ccccc2C)c2cccc3c2oc2ccccc23)ccc1-c1cccc(-c2cc3c(cc2C)c2cccc4c5ccc(N(c6[c-]c(-c7[c-]cccc7)ccc6)c6ccccc6C)cc5n3c42)c1C.[U+2]. The number of aryl methyl sites for hydroxylation is 4. The molecule has 11 aromatic carbocycles. The third kappa shape index (κ3) is 7.56. The summed E-state index contributed by atoms with van der Waals surface area (Å²) in [5.74, 6) is 0. The van der Waals surface area contributed by atoms with Crippen LogP contribution in [0.2, 0.25) is 0 Å². The Bertz CT molecular complexity index is 4560. The molecule has 14 rings (SSSR count). The molecule has 0 amide bonds. The molecule has 0 aliphatic rings. The van der Waals surface area contributed by atoms with Crippen LogP contribution in [-0.4, -0.2) is 4.40 Å². The summed E-state index contributed by atoms with van der Waals surface area (Å²) in [4.78, 5) is 4.71. The van der Waals surface area contributed by atoms with E-state index in [1.807, 2.05) is 18.2 Å². The van der Waals surface area contributed by atoms with Gasteiger partial charge in [0, 0.05) is 55.1 Å². The van der Waals surface area contributed by atoms with Crippen molar-refractivity contribution in [2.45, 2.75) is 34.6 Å². The van der Waals surface area contributed by atoms with Gasteiger partial charge < -0.3 is 18.6 Å². The van der Waals surface area contributed by atoms with Crippen LogP contribution in [0.3, 0.4) is 0 Å². The number of anilines is 6. The van der Waals surface area contributed by atoms with Crippen LogP contribution in [0.4, 0.5) is 34.1 Å². The van der Waals surface area contributed by atoms with E-state index in [-0.39, 0.29) is 31.1 Å². The van der Waals surface area contributed by atoms with Crippen LogP contribution in [0.15, 0.2) is 223 Å². The molecule has 3 aromatic heterocycles. The second kappa shape index (κ2) is 18.8. The van der Waals surface area contributed by atoms with Crippen molar-refractivity contribution in [1.29, 1.82) is 0 Å². The molecule has 0 atom stereocenters. The zero-order valence-electron chi connectivity index (χ0n) is 43.0. The number of hydrogen-bond donors (Lipinski definition) is 0. The molecule has 0 radical (unpaired) electrons. The number of fused-ring (bicyclic) bond motifs is 9. The van der Waals surface area contributed by atoms with Gasteiger partial charge in [0.05, 0.1) is 22.2 Å². The molecule has 76 heavy (non-hydrogen) atoms. The minimum Gasteiger partial charge on any atom is -0.454 e. The molecular formula is C71H51N3OU. The fourth-order valence-electron chi connectivity index (χ4n) is 12.0. The van der Waals surface area contributed by atoms with Crippen molar-refractivity contribution < 1.29 is 35.5 Å². The predicted octanol–water partition coefficient (Wildman–Crippen LogP) is 19.8. The molecule has 0 saturated carbocycles. The van der Waals surface area contributed by atoms with Crippen molar-refractivity contribution in [1.82, 2.24) is 4.40 Å². The smallest absolute Gasteiger partial charge is 0.454 e. The fourth-order valence-corrected chi connectivity index (χ4v) is 12.0. The average Bonchev–Trinajstić information content (AvgIpc) is 4.11. The van der Waals surface area contributed by atoms with Crippen molar-refractivity contribution in [2.75, 3.05) is 9.80 Å². The van der Waals surface area contributed by atoms with Gasteiger partial charge in [-0.3, -0.25) is 0 Å². The van der Waals surface area contributed by atoms with Gasteiger partial charge in [0.1, 0.15) is 5.58 Å². The number of benzene rings is 11. The fraction of sp³-hybridized carbons (Fsp3) is 0.0704. The molecule has 14 aromatic rings. The van der Waals surface area contributed by atoms with Crippen LogP contribution in [0.25, 0.3) is 93.4 Å². The van der Waals surface area contributed by atoms with Crippen molar-refractivity contribution >= 4 is 94.2 Å².